The molecular formula is C27H25Cl2N3O3. The van der Waals surface area contributed by atoms with Crippen LogP contribution in [-0.4, -0.2) is 23.2 Å². The van der Waals surface area contributed by atoms with Crippen molar-refractivity contribution < 1.29 is 14.4 Å². The average molecular weight is 510 g/mol. The lowest BCUT2D eigenvalue weighted by Crippen LogP contribution is -2.37. The van der Waals surface area contributed by atoms with Gasteiger partial charge >= 0.3 is 0 Å². The van der Waals surface area contributed by atoms with Crippen LogP contribution in [0.5, 0.6) is 0 Å². The summed E-state index contributed by atoms with van der Waals surface area (Å²) in [5, 5.41) is 3.37. The molecule has 0 radical (unpaired) electrons. The molecule has 0 saturated carbocycles. The predicted molar refractivity (Wildman–Crippen MR) is 139 cm³/mol. The normalized spacial score (nSPS) is 17.3. The van der Waals surface area contributed by atoms with Gasteiger partial charge < -0.3 is 11.1 Å². The fourth-order valence-electron chi connectivity index (χ4n) is 4.40. The van der Waals surface area contributed by atoms with Crippen LogP contribution in [0.15, 0.2) is 66.7 Å². The van der Waals surface area contributed by atoms with E-state index in [1.165, 1.54) is 4.90 Å². The summed E-state index contributed by atoms with van der Waals surface area (Å²) < 4.78 is 0. The number of benzene rings is 3. The molecule has 3 aromatic carbocycles. The molecule has 0 spiro atoms. The van der Waals surface area contributed by atoms with E-state index in [4.69, 9.17) is 28.9 Å². The number of carbonyl (C=O) groups is 3. The molecule has 4 rings (SSSR count). The maximum Gasteiger partial charge on any atom is 0.259 e. The third-order valence-corrected chi connectivity index (χ3v) is 6.82. The van der Waals surface area contributed by atoms with Gasteiger partial charge in [0, 0.05) is 33.9 Å². The predicted octanol–water partition coefficient (Wildman–Crippen LogP) is 5.87. The summed E-state index contributed by atoms with van der Waals surface area (Å²) in [5.41, 5.74) is 8.69. The summed E-state index contributed by atoms with van der Waals surface area (Å²) in [6, 6.07) is 19.2. The van der Waals surface area contributed by atoms with Crippen molar-refractivity contribution >= 4 is 52.3 Å². The SMILES string of the molecule is Cc1ccccc1C(=O)Nc1ccc(C(=O)N2c3ccc(Cl)cc3C(CC(N)=O)CCC2Cl)cc1. The van der Waals surface area contributed by atoms with Gasteiger partial charge in [-0.25, -0.2) is 0 Å². The highest BCUT2D eigenvalue weighted by molar-refractivity contribution is 6.31. The van der Waals surface area contributed by atoms with Gasteiger partial charge in [0.25, 0.3) is 11.8 Å². The van der Waals surface area contributed by atoms with Gasteiger partial charge in [0.15, 0.2) is 0 Å². The van der Waals surface area contributed by atoms with E-state index in [1.807, 2.05) is 25.1 Å². The monoisotopic (exact) mass is 509 g/mol. The molecule has 180 valence electrons. The van der Waals surface area contributed by atoms with E-state index in [0.717, 1.165) is 11.1 Å². The second-order valence-corrected chi connectivity index (χ2v) is 9.54. The minimum absolute atomic E-state index is 0.147. The first kappa shape index (κ1) is 24.8. The van der Waals surface area contributed by atoms with Gasteiger partial charge in [-0.2, -0.15) is 0 Å². The van der Waals surface area contributed by atoms with Gasteiger partial charge in [-0.05, 0) is 85.3 Å². The lowest BCUT2D eigenvalue weighted by molar-refractivity contribution is -0.118. The molecule has 2 unspecified atom stereocenters. The molecule has 0 aliphatic carbocycles. The van der Waals surface area contributed by atoms with Gasteiger partial charge in [0.05, 0.1) is 0 Å². The number of fused-ring (bicyclic) bond motifs is 1. The van der Waals surface area contributed by atoms with Gasteiger partial charge in [0.1, 0.15) is 5.50 Å². The summed E-state index contributed by atoms with van der Waals surface area (Å²) >= 11 is 12.9. The first-order chi connectivity index (χ1) is 16.7. The van der Waals surface area contributed by atoms with Crippen LogP contribution in [0, 0.1) is 6.92 Å². The highest BCUT2D eigenvalue weighted by atomic mass is 35.5. The number of primary amides is 1. The van der Waals surface area contributed by atoms with Crippen molar-refractivity contribution in [3.05, 3.63) is 94.0 Å². The molecule has 1 heterocycles. The van der Waals surface area contributed by atoms with Crippen LogP contribution in [-0.2, 0) is 4.79 Å². The van der Waals surface area contributed by atoms with Crippen molar-refractivity contribution in [1.29, 1.82) is 0 Å². The van der Waals surface area contributed by atoms with Crippen molar-refractivity contribution in [1.82, 2.24) is 0 Å². The van der Waals surface area contributed by atoms with E-state index in [9.17, 15) is 14.4 Å². The van der Waals surface area contributed by atoms with Crippen LogP contribution in [0.25, 0.3) is 0 Å². The summed E-state index contributed by atoms with van der Waals surface area (Å²) in [5.74, 6) is -1.11. The van der Waals surface area contributed by atoms with Crippen LogP contribution >= 0.6 is 23.2 Å². The quantitative estimate of drug-likeness (QED) is 0.332. The number of aryl methyl sites for hydroxylation is 1. The van der Waals surface area contributed by atoms with Crippen molar-refractivity contribution in [2.75, 3.05) is 10.2 Å². The van der Waals surface area contributed by atoms with Crippen LogP contribution in [0.3, 0.4) is 0 Å². The Morgan fingerprint density at radius 3 is 2.43 bits per heavy atom. The van der Waals surface area contributed by atoms with E-state index < -0.39 is 11.4 Å². The summed E-state index contributed by atoms with van der Waals surface area (Å²) in [6.45, 7) is 1.87. The number of nitrogens with zero attached hydrogens (tertiary/aromatic N) is 1. The number of halogens is 2. The maximum absolute atomic E-state index is 13.6. The third kappa shape index (κ3) is 5.50. The highest BCUT2D eigenvalue weighted by Gasteiger charge is 2.33. The molecule has 0 saturated heterocycles. The van der Waals surface area contributed by atoms with Crippen LogP contribution in [0.4, 0.5) is 11.4 Å². The second kappa shape index (κ2) is 10.5. The van der Waals surface area contributed by atoms with E-state index >= 15 is 0 Å². The van der Waals surface area contributed by atoms with Crippen molar-refractivity contribution in [3.8, 4) is 0 Å². The number of amides is 3. The van der Waals surface area contributed by atoms with Gasteiger partial charge in [0.2, 0.25) is 5.91 Å². The Hall–Kier alpha value is -3.35. The zero-order chi connectivity index (χ0) is 25.1. The Bertz CT molecular complexity index is 1280. The largest absolute Gasteiger partial charge is 0.370 e. The molecule has 3 amide bonds. The Labute approximate surface area is 214 Å². The van der Waals surface area contributed by atoms with E-state index in [1.54, 1.807) is 48.5 Å². The topological polar surface area (TPSA) is 92.5 Å². The molecule has 3 aromatic rings. The molecule has 0 aromatic heterocycles. The number of hydrogen-bond donors (Lipinski definition) is 2. The standard InChI is InChI=1S/C27H25Cl2N3O3/c1-16-4-2-3-5-21(16)26(34)31-20-10-6-17(7-11-20)27(35)32-23-12-9-19(28)15-22(23)18(14-25(30)33)8-13-24(32)29/h2-7,9-12,15,18,24H,8,13-14H2,1H3,(H2,30,33)(H,31,34). The third-order valence-electron chi connectivity index (χ3n) is 6.17. The number of nitrogens with one attached hydrogen (secondary N) is 1. The molecule has 35 heavy (non-hydrogen) atoms. The number of alkyl halides is 1. The number of rotatable bonds is 5. The molecule has 1 aliphatic heterocycles. The second-order valence-electron chi connectivity index (χ2n) is 8.60. The summed E-state index contributed by atoms with van der Waals surface area (Å²) in [6.07, 6.45) is 1.23. The Balaban J connectivity index is 1.60. The Morgan fingerprint density at radius 2 is 1.74 bits per heavy atom. The smallest absolute Gasteiger partial charge is 0.259 e. The summed E-state index contributed by atoms with van der Waals surface area (Å²) in [4.78, 5) is 39.4. The van der Waals surface area contributed by atoms with Gasteiger partial charge in [-0.1, -0.05) is 41.4 Å². The van der Waals surface area contributed by atoms with Crippen molar-refractivity contribution in [2.45, 2.75) is 37.6 Å². The Morgan fingerprint density at radius 1 is 1.03 bits per heavy atom. The minimum atomic E-state index is -0.610. The molecule has 2 atom stereocenters. The molecule has 3 N–H and O–H groups in total. The minimum Gasteiger partial charge on any atom is -0.370 e. The van der Waals surface area contributed by atoms with Crippen LogP contribution < -0.4 is 16.0 Å². The van der Waals surface area contributed by atoms with Gasteiger partial charge in [-0.15, -0.1) is 0 Å². The first-order valence-corrected chi connectivity index (χ1v) is 12.1. The van der Waals surface area contributed by atoms with E-state index in [2.05, 4.69) is 5.32 Å². The van der Waals surface area contributed by atoms with E-state index in [0.29, 0.717) is 40.4 Å². The molecule has 6 nitrogen and oxygen atoms in total. The number of anilines is 2. The number of carbonyl (C=O) groups excluding carboxylic acids is 3. The van der Waals surface area contributed by atoms with Crippen LogP contribution in [0.1, 0.15) is 57.0 Å². The fraction of sp³-hybridized carbons (Fsp3) is 0.222. The van der Waals surface area contributed by atoms with Crippen LogP contribution in [0.2, 0.25) is 5.02 Å². The Kier molecular flexibility index (Phi) is 7.43. The average Bonchev–Trinajstić information content (AvgIpc) is 2.95. The first-order valence-electron chi connectivity index (χ1n) is 11.3. The lowest BCUT2D eigenvalue weighted by Gasteiger charge is -2.28. The molecule has 0 bridgehead atoms. The lowest BCUT2D eigenvalue weighted by atomic mass is 9.91. The number of hydrogen-bond acceptors (Lipinski definition) is 3. The molecular weight excluding hydrogens is 485 g/mol. The van der Waals surface area contributed by atoms with Gasteiger partial charge in [-0.3, -0.25) is 19.3 Å². The summed E-state index contributed by atoms with van der Waals surface area (Å²) in [7, 11) is 0. The molecule has 0 fully saturated rings. The molecule has 1 aliphatic rings. The van der Waals surface area contributed by atoms with Crippen molar-refractivity contribution in [2.24, 2.45) is 5.73 Å². The zero-order valence-corrected chi connectivity index (χ0v) is 20.6. The fourth-order valence-corrected chi connectivity index (χ4v) is 4.90. The maximum atomic E-state index is 13.6. The zero-order valence-electron chi connectivity index (χ0n) is 19.1. The van der Waals surface area contributed by atoms with E-state index in [-0.39, 0.29) is 24.2 Å². The molecule has 8 heteroatoms. The highest BCUT2D eigenvalue weighted by Crippen LogP contribution is 2.41. The number of nitrogens with two attached hydrogens (primary N) is 1. The van der Waals surface area contributed by atoms with Crippen molar-refractivity contribution in [3.63, 3.8) is 0 Å².